The molecule has 0 amide bonds. The van der Waals surface area contributed by atoms with E-state index in [4.69, 9.17) is 34.2 Å². The van der Waals surface area contributed by atoms with Crippen molar-refractivity contribution in [2.75, 3.05) is 0 Å². The van der Waals surface area contributed by atoms with E-state index in [2.05, 4.69) is 4.52 Å². The van der Waals surface area contributed by atoms with Gasteiger partial charge < -0.3 is 0 Å². The molecule has 0 heterocycles. The molecule has 4 nitrogen and oxygen atoms in total. The molecule has 108 valence electrons. The molecule has 0 saturated heterocycles. The van der Waals surface area contributed by atoms with Crippen LogP contribution in [0.3, 0.4) is 0 Å². The van der Waals surface area contributed by atoms with Crippen molar-refractivity contribution in [3.63, 3.8) is 0 Å². The Kier molecular flexibility index (Phi) is 4.93. The number of halogens is 5. The number of hydrogen-bond donors (Lipinski definition) is 2. The molecular formula is C9H10Cl2F3N2O2P. The van der Waals surface area contributed by atoms with Crippen molar-refractivity contribution in [1.29, 1.82) is 0 Å². The molecule has 0 saturated carbocycles. The summed E-state index contributed by atoms with van der Waals surface area (Å²) in [6.45, 7) is 0. The fourth-order valence-corrected chi connectivity index (χ4v) is 2.35. The lowest BCUT2D eigenvalue weighted by Crippen LogP contribution is -2.41. The lowest BCUT2D eigenvalue weighted by molar-refractivity contribution is -0.159. The third-order valence-electron chi connectivity index (χ3n) is 2.08. The minimum absolute atomic E-state index is 0.0547. The summed E-state index contributed by atoms with van der Waals surface area (Å²) in [5, 5.41) is 0. The highest BCUT2D eigenvalue weighted by molar-refractivity contribution is 7.53. The van der Waals surface area contributed by atoms with Gasteiger partial charge in [0.05, 0.1) is 0 Å². The van der Waals surface area contributed by atoms with E-state index in [-0.39, 0.29) is 5.56 Å². The summed E-state index contributed by atoms with van der Waals surface area (Å²) in [6, 6.07) is 6.97. The van der Waals surface area contributed by atoms with Gasteiger partial charge in [-0.25, -0.2) is 11.0 Å². The molecule has 0 radical (unpaired) electrons. The van der Waals surface area contributed by atoms with E-state index in [0.29, 0.717) is 0 Å². The largest absolute Gasteiger partial charge is 0.424 e. The number of benzene rings is 1. The van der Waals surface area contributed by atoms with E-state index >= 15 is 0 Å². The highest BCUT2D eigenvalue weighted by Crippen LogP contribution is 2.53. The Morgan fingerprint density at radius 3 is 2.00 bits per heavy atom. The van der Waals surface area contributed by atoms with Gasteiger partial charge in [0.2, 0.25) is 4.33 Å². The Morgan fingerprint density at radius 1 is 1.16 bits per heavy atom. The Balaban J connectivity index is 3.25. The van der Waals surface area contributed by atoms with Crippen LogP contribution in [-0.4, -0.2) is 10.5 Å². The molecule has 19 heavy (non-hydrogen) atoms. The Hall–Kier alpha value is -0.300. The average Bonchev–Trinajstić information content (AvgIpc) is 2.24. The second kappa shape index (κ2) is 5.60. The minimum atomic E-state index is -5.04. The molecule has 0 spiro atoms. The van der Waals surface area contributed by atoms with Crippen LogP contribution < -0.4 is 11.0 Å². The molecule has 1 aromatic rings. The van der Waals surface area contributed by atoms with Crippen molar-refractivity contribution in [1.82, 2.24) is 0 Å². The first kappa shape index (κ1) is 16.8. The van der Waals surface area contributed by atoms with Crippen LogP contribution in [0.1, 0.15) is 11.7 Å². The molecule has 0 aliphatic rings. The smallest absolute Gasteiger partial charge is 0.295 e. The van der Waals surface area contributed by atoms with E-state index in [0.717, 1.165) is 0 Å². The zero-order valence-electron chi connectivity index (χ0n) is 9.27. The molecular weight excluding hydrogens is 327 g/mol. The summed E-state index contributed by atoms with van der Waals surface area (Å²) in [4.78, 5) is 0. The van der Waals surface area contributed by atoms with Crippen LogP contribution in [0.15, 0.2) is 30.3 Å². The number of rotatable bonds is 4. The number of hydrogen-bond acceptors (Lipinski definition) is 2. The van der Waals surface area contributed by atoms with Crippen molar-refractivity contribution in [2.45, 2.75) is 16.6 Å². The van der Waals surface area contributed by atoms with Crippen molar-refractivity contribution < 1.29 is 22.3 Å². The molecule has 0 fully saturated rings. The fourth-order valence-electron chi connectivity index (χ4n) is 1.28. The van der Waals surface area contributed by atoms with Gasteiger partial charge in [-0.1, -0.05) is 53.5 Å². The van der Waals surface area contributed by atoms with Crippen LogP contribution in [0.2, 0.25) is 0 Å². The Morgan fingerprint density at radius 2 is 1.63 bits per heavy atom. The van der Waals surface area contributed by atoms with Crippen molar-refractivity contribution in [3.8, 4) is 0 Å². The number of alkyl halides is 5. The maximum Gasteiger partial charge on any atom is 0.424 e. The van der Waals surface area contributed by atoms with Crippen molar-refractivity contribution >= 4 is 30.9 Å². The first-order valence-electron chi connectivity index (χ1n) is 4.80. The van der Waals surface area contributed by atoms with Crippen LogP contribution in [0.4, 0.5) is 13.2 Å². The van der Waals surface area contributed by atoms with Crippen LogP contribution in [-0.2, 0) is 9.09 Å². The molecule has 1 aromatic carbocycles. The third kappa shape index (κ3) is 4.34. The molecule has 0 aliphatic heterocycles. The molecule has 10 heteroatoms. The zero-order chi connectivity index (χ0) is 14.9. The monoisotopic (exact) mass is 336 g/mol. The van der Waals surface area contributed by atoms with Crippen LogP contribution in [0, 0.1) is 0 Å². The molecule has 1 unspecified atom stereocenters. The average molecular weight is 337 g/mol. The van der Waals surface area contributed by atoms with E-state index in [9.17, 15) is 17.7 Å². The highest BCUT2D eigenvalue weighted by Gasteiger charge is 2.60. The van der Waals surface area contributed by atoms with Gasteiger partial charge in [-0.3, -0.25) is 9.09 Å². The van der Waals surface area contributed by atoms with E-state index in [1.165, 1.54) is 24.3 Å². The molecule has 4 N–H and O–H groups in total. The van der Waals surface area contributed by atoms with Crippen LogP contribution in [0.25, 0.3) is 0 Å². The first-order valence-corrected chi connectivity index (χ1v) is 7.32. The second-order valence-electron chi connectivity index (χ2n) is 3.66. The first-order chi connectivity index (χ1) is 8.45. The maximum atomic E-state index is 12.8. The predicted octanol–water partition coefficient (Wildman–Crippen LogP) is 3.51. The topological polar surface area (TPSA) is 78.3 Å². The van der Waals surface area contributed by atoms with Gasteiger partial charge in [0.25, 0.3) is 0 Å². The van der Waals surface area contributed by atoms with Gasteiger partial charge >= 0.3 is 13.8 Å². The Labute approximate surface area is 117 Å². The standard InChI is InChI=1S/C9H10Cl2F3N2O2P/c10-8(11,9(12,13)14)7(18-19(15,16)17)6-4-2-1-3-5-6/h1-5,7H,(H4,15,16,17). The summed E-state index contributed by atoms with van der Waals surface area (Å²) in [5.41, 5.74) is 9.83. The van der Waals surface area contributed by atoms with Crippen LogP contribution >= 0.6 is 30.9 Å². The normalized spacial score (nSPS) is 15.3. The van der Waals surface area contributed by atoms with Crippen molar-refractivity contribution in [3.05, 3.63) is 35.9 Å². The number of nitrogens with two attached hydrogens (primary N) is 2. The molecule has 0 aromatic heterocycles. The van der Waals surface area contributed by atoms with Gasteiger partial charge in [-0.05, 0) is 5.56 Å². The van der Waals surface area contributed by atoms with Crippen LogP contribution in [0.5, 0.6) is 0 Å². The predicted molar refractivity (Wildman–Crippen MR) is 66.7 cm³/mol. The summed E-state index contributed by atoms with van der Waals surface area (Å²) < 4.78 is 50.9. The van der Waals surface area contributed by atoms with Gasteiger partial charge in [0, 0.05) is 0 Å². The minimum Gasteiger partial charge on any atom is -0.295 e. The third-order valence-corrected chi connectivity index (χ3v) is 3.45. The zero-order valence-corrected chi connectivity index (χ0v) is 11.7. The van der Waals surface area contributed by atoms with Crippen molar-refractivity contribution in [2.24, 2.45) is 11.0 Å². The summed E-state index contributed by atoms with van der Waals surface area (Å²) in [5.74, 6) is 0. The van der Waals surface area contributed by atoms with Gasteiger partial charge in [-0.15, -0.1) is 0 Å². The molecule has 0 bridgehead atoms. The van der Waals surface area contributed by atoms with Gasteiger partial charge in [0.1, 0.15) is 6.10 Å². The Bertz CT molecular complexity index is 478. The molecule has 1 rings (SSSR count). The lowest BCUT2D eigenvalue weighted by atomic mass is 10.1. The summed E-state index contributed by atoms with van der Waals surface area (Å²) in [6.07, 6.45) is -7.05. The highest BCUT2D eigenvalue weighted by atomic mass is 35.5. The van der Waals surface area contributed by atoms with Gasteiger partial charge in [-0.2, -0.15) is 13.2 Å². The maximum absolute atomic E-state index is 12.8. The SMILES string of the molecule is NP(N)(=O)OC(c1ccccc1)C(Cl)(Cl)C(F)(F)F. The van der Waals surface area contributed by atoms with E-state index in [1.54, 1.807) is 6.07 Å². The summed E-state index contributed by atoms with van der Waals surface area (Å²) >= 11 is 10.6. The van der Waals surface area contributed by atoms with Gasteiger partial charge in [0.15, 0.2) is 0 Å². The van der Waals surface area contributed by atoms with E-state index < -0.39 is 24.3 Å². The van der Waals surface area contributed by atoms with E-state index in [1.807, 2.05) is 0 Å². The fraction of sp³-hybridized carbons (Fsp3) is 0.333. The summed E-state index contributed by atoms with van der Waals surface area (Å²) in [7, 11) is -4.22. The second-order valence-corrected chi connectivity index (χ2v) is 6.55. The molecule has 0 aliphatic carbocycles. The quantitative estimate of drug-likeness (QED) is 0.651. The molecule has 1 atom stereocenters. The lowest BCUT2D eigenvalue weighted by Gasteiger charge is -2.32.